The number of carbonyl (C=O) groups excluding carboxylic acids is 1. The topological polar surface area (TPSA) is 84.7 Å². The Morgan fingerprint density at radius 3 is 2.90 bits per heavy atom. The Morgan fingerprint density at radius 1 is 1.55 bits per heavy atom. The van der Waals surface area contributed by atoms with Gasteiger partial charge in [-0.15, -0.1) is 0 Å². The molecule has 7 heteroatoms. The third-order valence-corrected chi connectivity index (χ3v) is 3.38. The van der Waals surface area contributed by atoms with E-state index in [4.69, 9.17) is 4.74 Å². The molecule has 108 valence electrons. The first-order valence-electron chi connectivity index (χ1n) is 6.38. The monoisotopic (exact) mass is 279 g/mol. The summed E-state index contributed by atoms with van der Waals surface area (Å²) in [6, 6.07) is 4.36. The normalized spacial score (nSPS) is 18.7. The predicted octanol–water partition coefficient (Wildman–Crippen LogP) is 1.04. The quantitative estimate of drug-likeness (QED) is 0.660. The van der Waals surface area contributed by atoms with Crippen molar-refractivity contribution in [2.75, 3.05) is 26.7 Å². The van der Waals surface area contributed by atoms with Crippen molar-refractivity contribution in [2.24, 2.45) is 0 Å². The molecule has 1 aliphatic rings. The van der Waals surface area contributed by atoms with E-state index in [0.717, 1.165) is 13.1 Å². The largest absolute Gasteiger partial charge is 0.490 e. The van der Waals surface area contributed by atoms with Gasteiger partial charge in [0.15, 0.2) is 5.75 Å². The highest BCUT2D eigenvalue weighted by Gasteiger charge is 2.26. The third-order valence-electron chi connectivity index (χ3n) is 3.38. The van der Waals surface area contributed by atoms with E-state index in [9.17, 15) is 14.9 Å². The molecule has 0 aromatic heterocycles. The molecule has 1 heterocycles. The van der Waals surface area contributed by atoms with Crippen molar-refractivity contribution in [3.05, 3.63) is 33.9 Å². The summed E-state index contributed by atoms with van der Waals surface area (Å²) >= 11 is 0. The van der Waals surface area contributed by atoms with Crippen LogP contribution in [-0.2, 0) is 0 Å². The molecular formula is C13H17N3O4. The second kappa shape index (κ2) is 5.87. The van der Waals surface area contributed by atoms with Gasteiger partial charge in [-0.25, -0.2) is 0 Å². The molecule has 1 atom stereocenters. The number of nitrogens with zero attached hydrogens (tertiary/aromatic N) is 2. The van der Waals surface area contributed by atoms with Gasteiger partial charge in [0.2, 0.25) is 0 Å². The van der Waals surface area contributed by atoms with Crippen LogP contribution in [0, 0.1) is 10.1 Å². The third kappa shape index (κ3) is 2.72. The molecule has 1 fully saturated rings. The highest BCUT2D eigenvalue weighted by atomic mass is 16.6. The molecule has 2 rings (SSSR count). The minimum absolute atomic E-state index is 0.0670. The maximum Gasteiger partial charge on any atom is 0.311 e. The predicted molar refractivity (Wildman–Crippen MR) is 73.0 cm³/mol. The van der Waals surface area contributed by atoms with Crippen LogP contribution < -0.4 is 10.1 Å². The molecule has 0 bridgehead atoms. The Kier molecular flexibility index (Phi) is 4.19. The van der Waals surface area contributed by atoms with Crippen molar-refractivity contribution < 1.29 is 14.5 Å². The number of rotatable bonds is 3. The fraction of sp³-hybridized carbons (Fsp3) is 0.462. The second-order valence-electron chi connectivity index (χ2n) is 4.70. The Bertz CT molecular complexity index is 532. The molecule has 0 saturated carbocycles. The Hall–Kier alpha value is -2.15. The van der Waals surface area contributed by atoms with Gasteiger partial charge in [-0.3, -0.25) is 14.9 Å². The summed E-state index contributed by atoms with van der Waals surface area (Å²) in [6.45, 7) is 4.00. The highest BCUT2D eigenvalue weighted by molar-refractivity contribution is 5.95. The van der Waals surface area contributed by atoms with Gasteiger partial charge in [0, 0.05) is 37.3 Å². The smallest absolute Gasteiger partial charge is 0.311 e. The number of methoxy groups -OCH3 is 1. The number of hydrogen-bond donors (Lipinski definition) is 1. The minimum atomic E-state index is -0.545. The lowest BCUT2D eigenvalue weighted by Crippen LogP contribution is -2.52. The van der Waals surface area contributed by atoms with Crippen LogP contribution in [0.15, 0.2) is 18.2 Å². The van der Waals surface area contributed by atoms with E-state index in [1.165, 1.54) is 19.2 Å². The van der Waals surface area contributed by atoms with E-state index >= 15 is 0 Å². The SMILES string of the molecule is COc1ccc(C(=O)N2CCNCC2C)cc1[N+](=O)[O-]. The van der Waals surface area contributed by atoms with Gasteiger partial charge in [-0.2, -0.15) is 0 Å². The maximum absolute atomic E-state index is 12.4. The van der Waals surface area contributed by atoms with E-state index < -0.39 is 4.92 Å². The number of amides is 1. The van der Waals surface area contributed by atoms with Crippen LogP contribution in [0.3, 0.4) is 0 Å². The zero-order valence-corrected chi connectivity index (χ0v) is 11.5. The van der Waals surface area contributed by atoms with Gasteiger partial charge >= 0.3 is 5.69 Å². The minimum Gasteiger partial charge on any atom is -0.490 e. The number of carbonyl (C=O) groups is 1. The van der Waals surface area contributed by atoms with Crippen molar-refractivity contribution in [3.8, 4) is 5.75 Å². The first-order chi connectivity index (χ1) is 9.54. The van der Waals surface area contributed by atoms with Crippen LogP contribution >= 0.6 is 0 Å². The zero-order valence-electron chi connectivity index (χ0n) is 11.5. The molecule has 0 radical (unpaired) electrons. The summed E-state index contributed by atoms with van der Waals surface area (Å²) in [5.41, 5.74) is 0.118. The lowest BCUT2D eigenvalue weighted by Gasteiger charge is -2.34. The number of benzene rings is 1. The van der Waals surface area contributed by atoms with Gasteiger partial charge in [-0.05, 0) is 19.1 Å². The molecule has 1 amide bonds. The van der Waals surface area contributed by atoms with Gasteiger partial charge in [0.05, 0.1) is 12.0 Å². The van der Waals surface area contributed by atoms with Crippen molar-refractivity contribution in [2.45, 2.75) is 13.0 Å². The van der Waals surface area contributed by atoms with Crippen LogP contribution in [0.1, 0.15) is 17.3 Å². The molecule has 0 aliphatic carbocycles. The molecule has 1 aromatic carbocycles. The fourth-order valence-electron chi connectivity index (χ4n) is 2.27. The van der Waals surface area contributed by atoms with Crippen molar-refractivity contribution in [3.63, 3.8) is 0 Å². The molecular weight excluding hydrogens is 262 g/mol. The lowest BCUT2D eigenvalue weighted by molar-refractivity contribution is -0.385. The van der Waals surface area contributed by atoms with Gasteiger partial charge in [0.25, 0.3) is 5.91 Å². The van der Waals surface area contributed by atoms with E-state index in [1.54, 1.807) is 11.0 Å². The van der Waals surface area contributed by atoms with Crippen molar-refractivity contribution in [1.29, 1.82) is 0 Å². The number of nitrogens with one attached hydrogen (secondary N) is 1. The molecule has 1 saturated heterocycles. The summed E-state index contributed by atoms with van der Waals surface area (Å²) in [5.74, 6) is -0.0373. The van der Waals surface area contributed by atoms with Gasteiger partial charge < -0.3 is 15.0 Å². The summed E-state index contributed by atoms with van der Waals surface area (Å²) in [4.78, 5) is 24.6. The molecule has 20 heavy (non-hydrogen) atoms. The summed E-state index contributed by atoms with van der Waals surface area (Å²) < 4.78 is 4.93. The van der Waals surface area contributed by atoms with Gasteiger partial charge in [-0.1, -0.05) is 0 Å². The average molecular weight is 279 g/mol. The molecule has 1 unspecified atom stereocenters. The van der Waals surface area contributed by atoms with Gasteiger partial charge in [0.1, 0.15) is 0 Å². The van der Waals surface area contributed by atoms with E-state index in [-0.39, 0.29) is 23.4 Å². The number of piperazine rings is 1. The Morgan fingerprint density at radius 2 is 2.30 bits per heavy atom. The summed E-state index contributed by atoms with van der Waals surface area (Å²) in [7, 11) is 1.36. The van der Waals surface area contributed by atoms with E-state index in [0.29, 0.717) is 12.1 Å². The summed E-state index contributed by atoms with van der Waals surface area (Å²) in [5, 5.41) is 14.2. The summed E-state index contributed by atoms with van der Waals surface area (Å²) in [6.07, 6.45) is 0. The number of nitro groups is 1. The Labute approximate surface area is 116 Å². The molecule has 1 aromatic rings. The van der Waals surface area contributed by atoms with Crippen LogP contribution in [0.5, 0.6) is 5.75 Å². The maximum atomic E-state index is 12.4. The molecule has 7 nitrogen and oxygen atoms in total. The molecule has 0 spiro atoms. The first kappa shape index (κ1) is 14.3. The standard InChI is InChI=1S/C13H17N3O4/c1-9-8-14-5-6-15(9)13(17)10-3-4-12(20-2)11(7-10)16(18)19/h3-4,7,9,14H,5-6,8H2,1-2H3. The van der Waals surface area contributed by atoms with E-state index in [2.05, 4.69) is 5.32 Å². The average Bonchev–Trinajstić information content (AvgIpc) is 2.46. The van der Waals surface area contributed by atoms with Crippen molar-refractivity contribution in [1.82, 2.24) is 10.2 Å². The Balaban J connectivity index is 2.30. The van der Waals surface area contributed by atoms with Crippen LogP contribution in [0.2, 0.25) is 0 Å². The number of hydrogen-bond acceptors (Lipinski definition) is 5. The first-order valence-corrected chi connectivity index (χ1v) is 6.38. The van der Waals surface area contributed by atoms with Crippen LogP contribution in [0.25, 0.3) is 0 Å². The van der Waals surface area contributed by atoms with Crippen LogP contribution in [0.4, 0.5) is 5.69 Å². The number of nitro benzene ring substituents is 1. The van der Waals surface area contributed by atoms with Crippen LogP contribution in [-0.4, -0.2) is 48.5 Å². The highest BCUT2D eigenvalue weighted by Crippen LogP contribution is 2.28. The number of ether oxygens (including phenoxy) is 1. The zero-order chi connectivity index (χ0) is 14.7. The van der Waals surface area contributed by atoms with Crippen molar-refractivity contribution >= 4 is 11.6 Å². The fourth-order valence-corrected chi connectivity index (χ4v) is 2.27. The second-order valence-corrected chi connectivity index (χ2v) is 4.70. The van der Waals surface area contributed by atoms with E-state index in [1.807, 2.05) is 6.92 Å². The molecule has 1 aliphatic heterocycles. The molecule has 1 N–H and O–H groups in total. The lowest BCUT2D eigenvalue weighted by atomic mass is 10.1.